The second kappa shape index (κ2) is 11.9. The monoisotopic (exact) mass is 539 g/mol. The Bertz CT molecular complexity index is 1390. The van der Waals surface area contributed by atoms with Crippen molar-refractivity contribution in [2.45, 2.75) is 66.4 Å². The lowest BCUT2D eigenvalue weighted by Crippen LogP contribution is -2.26. The molecule has 1 aromatic heterocycles. The van der Waals surface area contributed by atoms with E-state index >= 15 is 0 Å². The van der Waals surface area contributed by atoms with E-state index in [1.54, 1.807) is 12.4 Å². The number of nitrogens with zero attached hydrogens (tertiary/aromatic N) is 3. The van der Waals surface area contributed by atoms with Gasteiger partial charge in [0.25, 0.3) is 0 Å². The summed E-state index contributed by atoms with van der Waals surface area (Å²) in [7, 11) is 0. The summed E-state index contributed by atoms with van der Waals surface area (Å²) >= 11 is 0. The molecule has 1 fully saturated rings. The number of ketones is 1. The minimum Gasteiger partial charge on any atom is -0.461 e. The van der Waals surface area contributed by atoms with E-state index in [2.05, 4.69) is 50.0 Å². The minimum atomic E-state index is -0.593. The number of carbonyl (C=O) groups excluding carboxylic acids is 1. The van der Waals surface area contributed by atoms with Gasteiger partial charge in [-0.1, -0.05) is 63.2 Å². The fourth-order valence-corrected chi connectivity index (χ4v) is 6.83. The molecule has 2 aliphatic rings. The number of ether oxygens (including phenoxy) is 1. The third-order valence-electron chi connectivity index (χ3n) is 9.18. The average Bonchev–Trinajstić information content (AvgIpc) is 3.46. The van der Waals surface area contributed by atoms with E-state index < -0.39 is 6.10 Å². The summed E-state index contributed by atoms with van der Waals surface area (Å²) in [5.74, 6) is 3.40. The first-order valence-corrected chi connectivity index (χ1v) is 14.6. The van der Waals surface area contributed by atoms with Crippen molar-refractivity contribution in [2.24, 2.45) is 29.6 Å². The lowest BCUT2D eigenvalue weighted by atomic mass is 9.77. The number of rotatable bonds is 7. The van der Waals surface area contributed by atoms with Crippen molar-refractivity contribution in [3.8, 4) is 5.69 Å². The molecule has 2 aromatic carbocycles. The van der Waals surface area contributed by atoms with Crippen molar-refractivity contribution < 1.29 is 14.6 Å². The van der Waals surface area contributed by atoms with Gasteiger partial charge in [0.15, 0.2) is 5.78 Å². The summed E-state index contributed by atoms with van der Waals surface area (Å²) in [5.41, 5.74) is 4.54. The summed E-state index contributed by atoms with van der Waals surface area (Å²) in [6.45, 7) is 10.8. The summed E-state index contributed by atoms with van der Waals surface area (Å²) in [6.07, 6.45) is 6.20. The molecule has 6 heteroatoms. The minimum absolute atomic E-state index is 0.0970. The first-order valence-electron chi connectivity index (χ1n) is 14.6. The third kappa shape index (κ3) is 5.55. The first kappa shape index (κ1) is 28.0. The molecule has 6 unspecified atom stereocenters. The Hall–Kier alpha value is -3.51. The molecule has 0 bridgehead atoms. The van der Waals surface area contributed by atoms with Crippen LogP contribution in [0.1, 0.15) is 76.2 Å². The number of Topliss-reactive ketones (excluding diaryl/α,β-unsaturated/α-hetero) is 1. The molecule has 0 spiro atoms. The Labute approximate surface area is 237 Å². The van der Waals surface area contributed by atoms with Crippen LogP contribution in [0.15, 0.2) is 83.9 Å². The van der Waals surface area contributed by atoms with E-state index in [0.717, 1.165) is 47.6 Å². The second-order valence-corrected chi connectivity index (χ2v) is 11.8. The number of benzene rings is 2. The van der Waals surface area contributed by atoms with Gasteiger partial charge >= 0.3 is 0 Å². The molecular formula is C34H41N3O3. The summed E-state index contributed by atoms with van der Waals surface area (Å²) in [6, 6.07) is 17.7. The van der Waals surface area contributed by atoms with Crippen LogP contribution in [0.25, 0.3) is 11.4 Å². The highest BCUT2D eigenvalue weighted by atomic mass is 16.5. The molecule has 2 heterocycles. The quantitative estimate of drug-likeness (QED) is 0.253. The molecule has 1 aliphatic heterocycles. The molecule has 1 saturated carbocycles. The van der Waals surface area contributed by atoms with Crippen LogP contribution in [0.5, 0.6) is 0 Å². The molecule has 0 saturated heterocycles. The van der Waals surface area contributed by atoms with Gasteiger partial charge in [-0.25, -0.2) is 0 Å². The number of carbonyl (C=O) groups is 1. The predicted molar refractivity (Wildman–Crippen MR) is 157 cm³/mol. The van der Waals surface area contributed by atoms with E-state index in [0.29, 0.717) is 23.8 Å². The number of allylic oxidation sites excluding steroid dienone is 2. The van der Waals surface area contributed by atoms with Crippen LogP contribution in [0.2, 0.25) is 0 Å². The molecule has 1 aliphatic carbocycles. The van der Waals surface area contributed by atoms with Crippen molar-refractivity contribution >= 4 is 11.5 Å². The van der Waals surface area contributed by atoms with E-state index in [9.17, 15) is 9.90 Å². The standard InChI is InChI=1S/C34H41N3O3/c1-21-15-16-27(33-24(4)23(3)32(25(5)38)34(40-33)26-11-7-6-8-12-26)19-22(2)29(21)20-31(39)28-13-9-10-14-30(28)37-35-17-18-36-37/h6-14,17-18,21-23,25,27,29,38H,15-16,19-20H2,1-5H3. The van der Waals surface area contributed by atoms with Crippen LogP contribution in [-0.4, -0.2) is 32.0 Å². The van der Waals surface area contributed by atoms with Gasteiger partial charge in [0.05, 0.1) is 24.2 Å². The van der Waals surface area contributed by atoms with E-state index in [1.807, 2.05) is 49.4 Å². The summed E-state index contributed by atoms with van der Waals surface area (Å²) in [4.78, 5) is 15.2. The number of aromatic nitrogens is 3. The Morgan fingerprint density at radius 3 is 2.38 bits per heavy atom. The normalized spacial score (nSPS) is 26.3. The second-order valence-electron chi connectivity index (χ2n) is 11.8. The number of hydrogen-bond donors (Lipinski definition) is 1. The van der Waals surface area contributed by atoms with Gasteiger partial charge in [0.2, 0.25) is 0 Å². The molecule has 3 aromatic rings. The van der Waals surface area contributed by atoms with Gasteiger partial charge < -0.3 is 9.84 Å². The fourth-order valence-electron chi connectivity index (χ4n) is 6.83. The SMILES string of the molecule is CC1=C(C2CCC(C)C(CC(=O)c3ccccc3-n3nccn3)C(C)C2)OC(c2ccccc2)=C(C(C)O)C1C. The lowest BCUT2D eigenvalue weighted by molar-refractivity contribution is 0.0918. The van der Waals surface area contributed by atoms with Gasteiger partial charge in [-0.3, -0.25) is 4.79 Å². The van der Waals surface area contributed by atoms with Crippen LogP contribution >= 0.6 is 0 Å². The topological polar surface area (TPSA) is 77.2 Å². The van der Waals surface area contributed by atoms with Crippen molar-refractivity contribution in [3.63, 3.8) is 0 Å². The average molecular weight is 540 g/mol. The zero-order valence-electron chi connectivity index (χ0n) is 24.2. The number of hydrogen-bond acceptors (Lipinski definition) is 5. The van der Waals surface area contributed by atoms with Crippen LogP contribution in [0.4, 0.5) is 0 Å². The van der Waals surface area contributed by atoms with Crippen molar-refractivity contribution in [1.82, 2.24) is 15.0 Å². The molecule has 210 valence electrons. The Balaban J connectivity index is 1.38. The first-order chi connectivity index (χ1) is 19.3. The van der Waals surface area contributed by atoms with Crippen molar-refractivity contribution in [2.75, 3.05) is 0 Å². The third-order valence-corrected chi connectivity index (χ3v) is 9.18. The van der Waals surface area contributed by atoms with Gasteiger partial charge in [-0.2, -0.15) is 15.0 Å². The largest absolute Gasteiger partial charge is 0.461 e. The molecule has 1 N–H and O–H groups in total. The molecule has 0 amide bonds. The Kier molecular flexibility index (Phi) is 8.36. The maximum absolute atomic E-state index is 13.7. The highest BCUT2D eigenvalue weighted by Crippen LogP contribution is 2.47. The molecular weight excluding hydrogens is 498 g/mol. The zero-order valence-corrected chi connectivity index (χ0v) is 24.2. The predicted octanol–water partition coefficient (Wildman–Crippen LogP) is 7.26. The molecule has 40 heavy (non-hydrogen) atoms. The van der Waals surface area contributed by atoms with E-state index in [-0.39, 0.29) is 23.5 Å². The van der Waals surface area contributed by atoms with Crippen LogP contribution < -0.4 is 0 Å². The van der Waals surface area contributed by atoms with Gasteiger partial charge in [-0.15, -0.1) is 0 Å². The maximum Gasteiger partial charge on any atom is 0.165 e. The number of aliphatic hydroxyl groups is 1. The number of aliphatic hydroxyl groups excluding tert-OH is 1. The van der Waals surface area contributed by atoms with Crippen LogP contribution in [0.3, 0.4) is 0 Å². The number of para-hydroxylation sites is 1. The molecule has 6 atom stereocenters. The maximum atomic E-state index is 13.7. The van der Waals surface area contributed by atoms with Crippen molar-refractivity contribution in [3.05, 3.63) is 95.0 Å². The highest BCUT2D eigenvalue weighted by Gasteiger charge is 2.38. The lowest BCUT2D eigenvalue weighted by Gasteiger charge is -2.35. The highest BCUT2D eigenvalue weighted by molar-refractivity contribution is 5.99. The molecule has 0 radical (unpaired) electrons. The van der Waals surface area contributed by atoms with Crippen LogP contribution in [0, 0.1) is 29.6 Å². The van der Waals surface area contributed by atoms with Gasteiger partial charge in [-0.05, 0) is 68.6 Å². The Morgan fingerprint density at radius 2 is 1.68 bits per heavy atom. The van der Waals surface area contributed by atoms with E-state index in [4.69, 9.17) is 4.74 Å². The Morgan fingerprint density at radius 1 is 1.00 bits per heavy atom. The van der Waals surface area contributed by atoms with Gasteiger partial charge in [0.1, 0.15) is 11.5 Å². The van der Waals surface area contributed by atoms with Crippen molar-refractivity contribution in [1.29, 1.82) is 0 Å². The van der Waals surface area contributed by atoms with Gasteiger partial charge in [0, 0.05) is 35.0 Å². The van der Waals surface area contributed by atoms with E-state index in [1.165, 1.54) is 10.4 Å². The fraction of sp³-hybridized carbons (Fsp3) is 0.441. The molecule has 5 rings (SSSR count). The van der Waals surface area contributed by atoms with Crippen LogP contribution in [-0.2, 0) is 4.74 Å². The smallest absolute Gasteiger partial charge is 0.165 e. The summed E-state index contributed by atoms with van der Waals surface area (Å²) < 4.78 is 6.77. The summed E-state index contributed by atoms with van der Waals surface area (Å²) in [5, 5.41) is 19.2. The zero-order chi connectivity index (χ0) is 28.4. The molecule has 6 nitrogen and oxygen atoms in total.